The van der Waals surface area contributed by atoms with Crippen LogP contribution < -0.4 is 16.6 Å². The monoisotopic (exact) mass is 393 g/mol. The van der Waals surface area contributed by atoms with E-state index in [1.807, 2.05) is 24.3 Å². The minimum Gasteiger partial charge on any atom is -0.325 e. The number of hydrogen-bond donors (Lipinski definition) is 1. The summed E-state index contributed by atoms with van der Waals surface area (Å²) < 4.78 is 2.64. The van der Waals surface area contributed by atoms with Crippen LogP contribution in [-0.2, 0) is 24.3 Å². The average Bonchev–Trinajstić information content (AvgIpc) is 2.73. The summed E-state index contributed by atoms with van der Waals surface area (Å²) in [5.41, 5.74) is 1.56. The summed E-state index contributed by atoms with van der Waals surface area (Å²) in [6.07, 6.45) is 3.55. The molecule has 0 unspecified atom stereocenters. The summed E-state index contributed by atoms with van der Waals surface area (Å²) in [4.78, 5) is 38.5. The Morgan fingerprint density at radius 2 is 1.76 bits per heavy atom. The number of benzene rings is 2. The van der Waals surface area contributed by atoms with E-state index in [0.717, 1.165) is 31.2 Å². The lowest BCUT2D eigenvalue weighted by Gasteiger charge is -2.14. The molecule has 6 heteroatoms. The van der Waals surface area contributed by atoms with E-state index in [0.29, 0.717) is 23.1 Å². The van der Waals surface area contributed by atoms with Crippen molar-refractivity contribution in [2.45, 2.75) is 52.6 Å². The third-order valence-electron chi connectivity index (χ3n) is 5.04. The van der Waals surface area contributed by atoms with Crippen LogP contribution in [0.15, 0.2) is 58.1 Å². The maximum Gasteiger partial charge on any atom is 0.331 e. The smallest absolute Gasteiger partial charge is 0.325 e. The molecule has 0 bridgehead atoms. The molecule has 1 N–H and O–H groups in total. The van der Waals surface area contributed by atoms with Crippen molar-refractivity contribution in [3.63, 3.8) is 0 Å². The SMILES string of the molecule is CCCCCn1c(=O)c2ccccc2n(CC(=O)Nc2cccc(CC)c2)c1=O. The Morgan fingerprint density at radius 3 is 2.52 bits per heavy atom. The second-order valence-electron chi connectivity index (χ2n) is 7.15. The lowest BCUT2D eigenvalue weighted by atomic mass is 10.1. The van der Waals surface area contributed by atoms with Gasteiger partial charge in [0.25, 0.3) is 5.56 Å². The summed E-state index contributed by atoms with van der Waals surface area (Å²) >= 11 is 0. The maximum atomic E-state index is 13.0. The largest absolute Gasteiger partial charge is 0.331 e. The number of nitrogens with zero attached hydrogens (tertiary/aromatic N) is 2. The standard InChI is InChI=1S/C23H27N3O3/c1-3-5-8-14-25-22(28)19-12-6-7-13-20(19)26(23(25)29)16-21(27)24-18-11-9-10-17(4-2)15-18/h6-7,9-13,15H,3-5,8,14,16H2,1-2H3,(H,24,27). The second kappa shape index (κ2) is 9.37. The van der Waals surface area contributed by atoms with Gasteiger partial charge in [0.1, 0.15) is 6.54 Å². The minimum atomic E-state index is -0.442. The number of fused-ring (bicyclic) bond motifs is 1. The van der Waals surface area contributed by atoms with Crippen LogP contribution in [0.4, 0.5) is 5.69 Å². The Kier molecular flexibility index (Phi) is 6.65. The van der Waals surface area contributed by atoms with Crippen molar-refractivity contribution in [2.75, 3.05) is 5.32 Å². The van der Waals surface area contributed by atoms with E-state index in [1.165, 1.54) is 9.13 Å². The molecule has 1 aromatic heterocycles. The van der Waals surface area contributed by atoms with E-state index in [1.54, 1.807) is 24.3 Å². The highest BCUT2D eigenvalue weighted by Gasteiger charge is 2.15. The van der Waals surface area contributed by atoms with Gasteiger partial charge >= 0.3 is 5.69 Å². The number of amides is 1. The molecule has 3 aromatic rings. The summed E-state index contributed by atoms with van der Waals surface area (Å²) in [7, 11) is 0. The van der Waals surface area contributed by atoms with Crippen LogP contribution in [0.2, 0.25) is 0 Å². The molecule has 152 valence electrons. The van der Waals surface area contributed by atoms with E-state index in [9.17, 15) is 14.4 Å². The Labute approximate surface area is 169 Å². The van der Waals surface area contributed by atoms with Gasteiger partial charge in [0.05, 0.1) is 10.9 Å². The van der Waals surface area contributed by atoms with Crippen molar-refractivity contribution in [3.05, 3.63) is 74.9 Å². The zero-order valence-electron chi connectivity index (χ0n) is 17.0. The number of hydrogen-bond acceptors (Lipinski definition) is 3. The Balaban J connectivity index is 1.96. The Hall–Kier alpha value is -3.15. The Morgan fingerprint density at radius 1 is 0.966 bits per heavy atom. The molecule has 6 nitrogen and oxygen atoms in total. The maximum absolute atomic E-state index is 13.0. The third-order valence-corrected chi connectivity index (χ3v) is 5.04. The van der Waals surface area contributed by atoms with Crippen LogP contribution in [-0.4, -0.2) is 15.0 Å². The number of aryl methyl sites for hydroxylation is 1. The van der Waals surface area contributed by atoms with Gasteiger partial charge in [0, 0.05) is 12.2 Å². The molecule has 0 saturated carbocycles. The van der Waals surface area contributed by atoms with Crippen LogP contribution in [0.1, 0.15) is 38.7 Å². The zero-order valence-corrected chi connectivity index (χ0v) is 17.0. The normalized spacial score (nSPS) is 11.0. The molecule has 0 radical (unpaired) electrons. The number of rotatable bonds is 8. The van der Waals surface area contributed by atoms with Gasteiger partial charge in [-0.05, 0) is 42.7 Å². The molecule has 0 fully saturated rings. The highest BCUT2D eigenvalue weighted by Crippen LogP contribution is 2.12. The number of para-hydroxylation sites is 1. The molecular formula is C23H27N3O3. The molecule has 1 heterocycles. The van der Waals surface area contributed by atoms with Crippen LogP contribution in [0, 0.1) is 0 Å². The molecule has 1 amide bonds. The first-order valence-corrected chi connectivity index (χ1v) is 10.2. The van der Waals surface area contributed by atoms with Crippen LogP contribution >= 0.6 is 0 Å². The average molecular weight is 393 g/mol. The van der Waals surface area contributed by atoms with E-state index >= 15 is 0 Å². The van der Waals surface area contributed by atoms with Gasteiger partial charge in [0.15, 0.2) is 0 Å². The summed E-state index contributed by atoms with van der Waals surface area (Å²) in [6, 6.07) is 14.6. The fraction of sp³-hybridized carbons (Fsp3) is 0.348. The van der Waals surface area contributed by atoms with Crippen molar-refractivity contribution < 1.29 is 4.79 Å². The van der Waals surface area contributed by atoms with Gasteiger partial charge in [-0.3, -0.25) is 18.7 Å². The van der Waals surface area contributed by atoms with E-state index in [-0.39, 0.29) is 18.0 Å². The van der Waals surface area contributed by atoms with Crippen molar-refractivity contribution in [2.24, 2.45) is 0 Å². The first-order valence-electron chi connectivity index (χ1n) is 10.2. The fourth-order valence-electron chi connectivity index (χ4n) is 3.45. The zero-order chi connectivity index (χ0) is 20.8. The van der Waals surface area contributed by atoms with Crippen molar-refractivity contribution in [3.8, 4) is 0 Å². The third kappa shape index (κ3) is 4.65. The van der Waals surface area contributed by atoms with E-state index in [4.69, 9.17) is 0 Å². The number of nitrogens with one attached hydrogen (secondary N) is 1. The van der Waals surface area contributed by atoms with Crippen LogP contribution in [0.5, 0.6) is 0 Å². The predicted octanol–water partition coefficient (Wildman–Crippen LogP) is 3.55. The first kappa shape index (κ1) is 20.6. The van der Waals surface area contributed by atoms with Crippen molar-refractivity contribution >= 4 is 22.5 Å². The highest BCUT2D eigenvalue weighted by molar-refractivity contribution is 5.91. The molecule has 0 atom stereocenters. The molecule has 0 aliphatic carbocycles. The first-order chi connectivity index (χ1) is 14.0. The van der Waals surface area contributed by atoms with Gasteiger partial charge in [-0.15, -0.1) is 0 Å². The van der Waals surface area contributed by atoms with Gasteiger partial charge in [-0.25, -0.2) is 4.79 Å². The summed E-state index contributed by atoms with van der Waals surface area (Å²) in [5.74, 6) is -0.302. The molecule has 2 aromatic carbocycles. The summed E-state index contributed by atoms with van der Waals surface area (Å²) in [5, 5.41) is 3.31. The molecular weight excluding hydrogens is 366 g/mol. The molecule has 0 aliphatic heterocycles. The topological polar surface area (TPSA) is 73.1 Å². The van der Waals surface area contributed by atoms with Crippen molar-refractivity contribution in [1.29, 1.82) is 0 Å². The Bertz CT molecular complexity index is 1130. The molecule has 0 spiro atoms. The van der Waals surface area contributed by atoms with E-state index < -0.39 is 5.69 Å². The molecule has 29 heavy (non-hydrogen) atoms. The fourth-order valence-corrected chi connectivity index (χ4v) is 3.45. The quantitative estimate of drug-likeness (QED) is 0.595. The van der Waals surface area contributed by atoms with Gasteiger partial charge in [-0.2, -0.15) is 0 Å². The highest BCUT2D eigenvalue weighted by atomic mass is 16.2. The van der Waals surface area contributed by atoms with Gasteiger partial charge in [-0.1, -0.05) is 51.0 Å². The predicted molar refractivity (Wildman–Crippen MR) is 116 cm³/mol. The van der Waals surface area contributed by atoms with Crippen LogP contribution in [0.25, 0.3) is 10.9 Å². The minimum absolute atomic E-state index is 0.149. The number of anilines is 1. The number of carbonyl (C=O) groups is 1. The number of carbonyl (C=O) groups excluding carboxylic acids is 1. The van der Waals surface area contributed by atoms with Gasteiger partial charge < -0.3 is 5.32 Å². The van der Waals surface area contributed by atoms with Crippen LogP contribution in [0.3, 0.4) is 0 Å². The summed E-state index contributed by atoms with van der Waals surface area (Å²) in [6.45, 7) is 4.33. The lowest BCUT2D eigenvalue weighted by Crippen LogP contribution is -2.41. The lowest BCUT2D eigenvalue weighted by molar-refractivity contribution is -0.116. The molecule has 3 rings (SSSR count). The number of aromatic nitrogens is 2. The van der Waals surface area contributed by atoms with Crippen molar-refractivity contribution in [1.82, 2.24) is 9.13 Å². The number of unbranched alkanes of at least 4 members (excludes halogenated alkanes) is 2. The molecule has 0 aliphatic rings. The second-order valence-corrected chi connectivity index (χ2v) is 7.15. The van der Waals surface area contributed by atoms with Gasteiger partial charge in [0.2, 0.25) is 5.91 Å². The van der Waals surface area contributed by atoms with E-state index in [2.05, 4.69) is 19.2 Å². The molecule has 0 saturated heterocycles.